The van der Waals surface area contributed by atoms with Gasteiger partial charge in [-0.2, -0.15) is 5.10 Å². The maximum Gasteiger partial charge on any atom is 0.259 e. The van der Waals surface area contributed by atoms with Crippen molar-refractivity contribution in [2.24, 2.45) is 5.10 Å². The van der Waals surface area contributed by atoms with E-state index in [1.165, 1.54) is 0 Å². The molecule has 0 aliphatic carbocycles. The molecule has 0 aliphatic heterocycles. The summed E-state index contributed by atoms with van der Waals surface area (Å²) in [6.07, 6.45) is 1.55. The topological polar surface area (TPSA) is 72.0 Å². The zero-order chi connectivity index (χ0) is 18.2. The van der Waals surface area contributed by atoms with E-state index in [2.05, 4.69) is 44.5 Å². The monoisotopic (exact) mass is 453 g/mol. The van der Waals surface area contributed by atoms with Crippen molar-refractivity contribution in [1.29, 1.82) is 0 Å². The van der Waals surface area contributed by atoms with E-state index >= 15 is 0 Å². The molecule has 25 heavy (non-hydrogen) atoms. The molecule has 6 nitrogen and oxygen atoms in total. The van der Waals surface area contributed by atoms with Crippen LogP contribution in [0.1, 0.15) is 11.1 Å². The van der Waals surface area contributed by atoms with Crippen molar-refractivity contribution in [1.82, 2.24) is 5.43 Å². The van der Waals surface area contributed by atoms with Gasteiger partial charge in [-0.25, -0.2) is 5.43 Å². The number of hydrazone groups is 1. The largest absolute Gasteiger partial charge is 0.493 e. The van der Waals surface area contributed by atoms with Crippen LogP contribution in [-0.4, -0.2) is 32.9 Å². The lowest BCUT2D eigenvalue weighted by Gasteiger charge is -2.09. The highest BCUT2D eigenvalue weighted by atomic mass is 127. The van der Waals surface area contributed by atoms with Gasteiger partial charge in [0, 0.05) is 9.26 Å². The number of nitrogens with zero attached hydrogens (tertiary/aromatic N) is 1. The van der Waals surface area contributed by atoms with Gasteiger partial charge < -0.3 is 14.8 Å². The van der Waals surface area contributed by atoms with Crippen LogP contribution in [0.3, 0.4) is 0 Å². The average molecular weight is 453 g/mol. The fraction of sp³-hybridized carbons (Fsp3) is 0.222. The predicted molar refractivity (Wildman–Crippen MR) is 108 cm³/mol. The normalized spacial score (nSPS) is 10.6. The molecule has 0 saturated carbocycles. The first-order valence-corrected chi connectivity index (χ1v) is 8.65. The number of nitrogens with one attached hydrogen (secondary N) is 2. The molecule has 0 aliphatic rings. The van der Waals surface area contributed by atoms with Crippen molar-refractivity contribution in [3.8, 4) is 11.5 Å². The second-order valence-corrected chi connectivity index (χ2v) is 6.47. The Bertz CT molecular complexity index is 778. The third-order valence-electron chi connectivity index (χ3n) is 3.44. The number of anilines is 1. The second-order valence-electron chi connectivity index (χ2n) is 5.22. The Morgan fingerprint density at radius 3 is 2.60 bits per heavy atom. The lowest BCUT2D eigenvalue weighted by Crippen LogP contribution is -2.26. The van der Waals surface area contributed by atoms with Crippen LogP contribution in [0.4, 0.5) is 5.69 Å². The summed E-state index contributed by atoms with van der Waals surface area (Å²) in [6, 6.07) is 11.4. The molecule has 0 bridgehead atoms. The number of carbonyl (C=O) groups is 1. The number of aryl methyl sites for hydroxylation is 1. The lowest BCUT2D eigenvalue weighted by atomic mass is 10.2. The van der Waals surface area contributed by atoms with Gasteiger partial charge in [-0.05, 0) is 77.0 Å². The molecule has 0 atom stereocenters. The van der Waals surface area contributed by atoms with Gasteiger partial charge >= 0.3 is 0 Å². The van der Waals surface area contributed by atoms with Crippen LogP contribution in [0.2, 0.25) is 0 Å². The summed E-state index contributed by atoms with van der Waals surface area (Å²) >= 11 is 2.25. The molecular formula is C18H20IN3O3. The summed E-state index contributed by atoms with van der Waals surface area (Å²) in [5.74, 6) is 1.02. The van der Waals surface area contributed by atoms with Crippen LogP contribution in [0, 0.1) is 10.5 Å². The first-order valence-electron chi connectivity index (χ1n) is 7.57. The second kappa shape index (κ2) is 9.26. The first-order chi connectivity index (χ1) is 12.0. The van der Waals surface area contributed by atoms with Gasteiger partial charge in [-0.15, -0.1) is 0 Å². The van der Waals surface area contributed by atoms with Gasteiger partial charge in [0.2, 0.25) is 0 Å². The Hall–Kier alpha value is -2.29. The molecule has 132 valence electrons. The molecule has 1 amide bonds. The van der Waals surface area contributed by atoms with E-state index < -0.39 is 0 Å². The fourth-order valence-electron chi connectivity index (χ4n) is 2.15. The Morgan fingerprint density at radius 2 is 1.92 bits per heavy atom. The van der Waals surface area contributed by atoms with Gasteiger partial charge in [-0.1, -0.05) is 0 Å². The van der Waals surface area contributed by atoms with Crippen LogP contribution in [0.5, 0.6) is 11.5 Å². The third-order valence-corrected chi connectivity index (χ3v) is 4.11. The summed E-state index contributed by atoms with van der Waals surface area (Å²) in [7, 11) is 3.15. The van der Waals surface area contributed by atoms with Crippen molar-refractivity contribution < 1.29 is 14.3 Å². The molecule has 0 unspecified atom stereocenters. The third kappa shape index (κ3) is 5.63. The smallest absolute Gasteiger partial charge is 0.259 e. The SMILES string of the molecule is COc1ccc(C=NNC(=O)CNc2ccc(I)cc2C)cc1OC. The predicted octanol–water partition coefficient (Wildman–Crippen LogP) is 3.18. The van der Waals surface area contributed by atoms with Crippen molar-refractivity contribution in [3.05, 3.63) is 51.1 Å². The molecule has 0 fully saturated rings. The van der Waals surface area contributed by atoms with Crippen LogP contribution < -0.4 is 20.2 Å². The summed E-state index contributed by atoms with van der Waals surface area (Å²) in [4.78, 5) is 11.9. The molecule has 0 saturated heterocycles. The Labute approximate surface area is 160 Å². The lowest BCUT2D eigenvalue weighted by molar-refractivity contribution is -0.119. The minimum absolute atomic E-state index is 0.144. The van der Waals surface area contributed by atoms with Crippen molar-refractivity contribution >= 4 is 40.4 Å². The maximum atomic E-state index is 11.9. The number of benzene rings is 2. The fourth-order valence-corrected chi connectivity index (χ4v) is 2.80. The molecule has 0 aromatic heterocycles. The number of rotatable bonds is 7. The van der Waals surface area contributed by atoms with E-state index in [1.54, 1.807) is 32.6 Å². The molecule has 7 heteroatoms. The summed E-state index contributed by atoms with van der Waals surface area (Å²) in [5.41, 5.74) is 5.31. The number of ether oxygens (including phenoxy) is 2. The number of hydrogen-bond donors (Lipinski definition) is 2. The summed E-state index contributed by atoms with van der Waals surface area (Å²) in [6.45, 7) is 2.14. The van der Waals surface area contributed by atoms with Gasteiger partial charge in [-0.3, -0.25) is 4.79 Å². The number of carbonyl (C=O) groups excluding carboxylic acids is 1. The molecule has 0 spiro atoms. The Morgan fingerprint density at radius 1 is 1.16 bits per heavy atom. The zero-order valence-corrected chi connectivity index (χ0v) is 16.5. The number of hydrogen-bond acceptors (Lipinski definition) is 5. The van der Waals surface area contributed by atoms with Crippen LogP contribution >= 0.6 is 22.6 Å². The van der Waals surface area contributed by atoms with E-state index in [0.29, 0.717) is 11.5 Å². The summed E-state index contributed by atoms with van der Waals surface area (Å²) in [5, 5.41) is 7.06. The highest BCUT2D eigenvalue weighted by molar-refractivity contribution is 14.1. The maximum absolute atomic E-state index is 11.9. The zero-order valence-electron chi connectivity index (χ0n) is 14.3. The van der Waals surface area contributed by atoms with Gasteiger partial charge in [0.05, 0.1) is 27.0 Å². The van der Waals surface area contributed by atoms with E-state index in [1.807, 2.05) is 25.1 Å². The van der Waals surface area contributed by atoms with Crippen LogP contribution in [0.15, 0.2) is 41.5 Å². The molecule has 0 radical (unpaired) electrons. The molecule has 0 heterocycles. The van der Waals surface area contributed by atoms with E-state index in [0.717, 1.165) is 20.4 Å². The van der Waals surface area contributed by atoms with E-state index in [9.17, 15) is 4.79 Å². The average Bonchev–Trinajstić information content (AvgIpc) is 2.60. The first kappa shape index (κ1) is 19.0. The van der Waals surface area contributed by atoms with Crippen molar-refractivity contribution in [3.63, 3.8) is 0 Å². The molecule has 2 aromatic rings. The van der Waals surface area contributed by atoms with E-state index in [4.69, 9.17) is 9.47 Å². The summed E-state index contributed by atoms with van der Waals surface area (Å²) < 4.78 is 11.6. The van der Waals surface area contributed by atoms with Gasteiger partial charge in [0.1, 0.15) is 0 Å². The highest BCUT2D eigenvalue weighted by Crippen LogP contribution is 2.26. The molecule has 2 aromatic carbocycles. The number of halogens is 1. The molecule has 2 rings (SSSR count). The number of methoxy groups -OCH3 is 2. The van der Waals surface area contributed by atoms with Gasteiger partial charge in [0.25, 0.3) is 5.91 Å². The Balaban J connectivity index is 1.88. The molecule has 2 N–H and O–H groups in total. The van der Waals surface area contributed by atoms with Crippen molar-refractivity contribution in [2.75, 3.05) is 26.1 Å². The van der Waals surface area contributed by atoms with E-state index in [-0.39, 0.29) is 12.5 Å². The highest BCUT2D eigenvalue weighted by Gasteiger charge is 2.04. The van der Waals surface area contributed by atoms with Crippen LogP contribution in [0.25, 0.3) is 0 Å². The van der Waals surface area contributed by atoms with Crippen LogP contribution in [-0.2, 0) is 4.79 Å². The minimum Gasteiger partial charge on any atom is -0.493 e. The quantitative estimate of drug-likeness (QED) is 0.384. The van der Waals surface area contributed by atoms with Crippen molar-refractivity contribution in [2.45, 2.75) is 6.92 Å². The Kier molecular flexibility index (Phi) is 7.05. The van der Waals surface area contributed by atoms with Gasteiger partial charge in [0.15, 0.2) is 11.5 Å². The number of amides is 1. The minimum atomic E-state index is -0.227. The molecular weight excluding hydrogens is 433 g/mol. The standard InChI is InChI=1S/C18H20IN3O3/c1-12-8-14(19)5-6-15(12)20-11-18(23)22-21-10-13-4-7-16(24-2)17(9-13)25-3/h4-10,20H,11H2,1-3H3,(H,22,23).